The SMILES string of the molecule is CN(Cc1nnnn1C)C(=O)c1cccc(-c2ccccc2)c1. The maximum Gasteiger partial charge on any atom is 0.254 e. The highest BCUT2D eigenvalue weighted by Gasteiger charge is 2.15. The van der Waals surface area contributed by atoms with Crippen molar-refractivity contribution < 1.29 is 4.79 Å². The molecular weight excluding hydrogens is 290 g/mol. The van der Waals surface area contributed by atoms with Gasteiger partial charge in [0.25, 0.3) is 5.91 Å². The molecule has 0 aliphatic heterocycles. The summed E-state index contributed by atoms with van der Waals surface area (Å²) in [6.45, 7) is 0.359. The van der Waals surface area contributed by atoms with E-state index in [0.717, 1.165) is 11.1 Å². The molecule has 1 amide bonds. The Morgan fingerprint density at radius 2 is 1.83 bits per heavy atom. The molecule has 0 bridgehead atoms. The van der Waals surface area contributed by atoms with Crippen molar-refractivity contribution in [3.05, 3.63) is 66.0 Å². The van der Waals surface area contributed by atoms with E-state index in [9.17, 15) is 4.79 Å². The van der Waals surface area contributed by atoms with Crippen LogP contribution in [0, 0.1) is 0 Å². The fourth-order valence-corrected chi connectivity index (χ4v) is 2.35. The van der Waals surface area contributed by atoms with Gasteiger partial charge >= 0.3 is 0 Å². The quantitative estimate of drug-likeness (QED) is 0.741. The van der Waals surface area contributed by atoms with Crippen molar-refractivity contribution in [3.8, 4) is 11.1 Å². The Balaban J connectivity index is 1.81. The summed E-state index contributed by atoms with van der Waals surface area (Å²) in [7, 11) is 3.50. The Bertz CT molecular complexity index is 813. The minimum Gasteiger partial charge on any atom is -0.334 e. The number of nitrogens with zero attached hydrogens (tertiary/aromatic N) is 5. The highest BCUT2D eigenvalue weighted by molar-refractivity contribution is 5.95. The van der Waals surface area contributed by atoms with Crippen LogP contribution in [0.5, 0.6) is 0 Å². The third kappa shape index (κ3) is 3.26. The summed E-state index contributed by atoms with van der Waals surface area (Å²) in [5.74, 6) is 0.575. The van der Waals surface area contributed by atoms with Crippen LogP contribution < -0.4 is 0 Å². The summed E-state index contributed by atoms with van der Waals surface area (Å²) in [6.07, 6.45) is 0. The predicted octanol–water partition coefficient (Wildman–Crippen LogP) is 2.15. The average molecular weight is 307 g/mol. The summed E-state index contributed by atoms with van der Waals surface area (Å²) in [5.41, 5.74) is 2.75. The van der Waals surface area contributed by atoms with Crippen LogP contribution in [0.25, 0.3) is 11.1 Å². The van der Waals surface area contributed by atoms with Crippen LogP contribution >= 0.6 is 0 Å². The number of hydrogen-bond donors (Lipinski definition) is 0. The first-order chi connectivity index (χ1) is 11.1. The van der Waals surface area contributed by atoms with Gasteiger partial charge in [-0.05, 0) is 33.7 Å². The van der Waals surface area contributed by atoms with Crippen molar-refractivity contribution in [2.24, 2.45) is 7.05 Å². The van der Waals surface area contributed by atoms with Crippen molar-refractivity contribution in [2.75, 3.05) is 7.05 Å². The zero-order valence-corrected chi connectivity index (χ0v) is 13.0. The Kier molecular flexibility index (Phi) is 4.14. The molecule has 0 fully saturated rings. The normalized spacial score (nSPS) is 10.5. The molecule has 3 rings (SSSR count). The van der Waals surface area contributed by atoms with E-state index in [-0.39, 0.29) is 5.91 Å². The smallest absolute Gasteiger partial charge is 0.254 e. The van der Waals surface area contributed by atoms with Crippen molar-refractivity contribution in [2.45, 2.75) is 6.54 Å². The van der Waals surface area contributed by atoms with E-state index in [4.69, 9.17) is 0 Å². The zero-order chi connectivity index (χ0) is 16.2. The molecule has 0 saturated heterocycles. The van der Waals surface area contributed by atoms with Gasteiger partial charge in [-0.1, -0.05) is 42.5 Å². The van der Waals surface area contributed by atoms with Gasteiger partial charge in [0.2, 0.25) is 0 Å². The monoisotopic (exact) mass is 307 g/mol. The molecule has 1 heterocycles. The van der Waals surface area contributed by atoms with Gasteiger partial charge in [0, 0.05) is 19.7 Å². The Morgan fingerprint density at radius 3 is 2.52 bits per heavy atom. The minimum absolute atomic E-state index is 0.0641. The number of amides is 1. The largest absolute Gasteiger partial charge is 0.334 e. The van der Waals surface area contributed by atoms with Gasteiger partial charge in [0.15, 0.2) is 5.82 Å². The van der Waals surface area contributed by atoms with E-state index in [1.807, 2.05) is 54.6 Å². The van der Waals surface area contributed by atoms with Gasteiger partial charge in [-0.15, -0.1) is 5.10 Å². The second-order valence-electron chi connectivity index (χ2n) is 5.33. The fourth-order valence-electron chi connectivity index (χ4n) is 2.35. The van der Waals surface area contributed by atoms with E-state index >= 15 is 0 Å². The van der Waals surface area contributed by atoms with Gasteiger partial charge in [-0.25, -0.2) is 4.68 Å². The summed E-state index contributed by atoms with van der Waals surface area (Å²) in [4.78, 5) is 14.2. The number of carbonyl (C=O) groups excluding carboxylic acids is 1. The molecule has 0 radical (unpaired) electrons. The number of hydrogen-bond acceptors (Lipinski definition) is 4. The molecule has 0 atom stereocenters. The lowest BCUT2D eigenvalue weighted by molar-refractivity contribution is 0.0780. The molecule has 23 heavy (non-hydrogen) atoms. The molecular formula is C17H17N5O. The fraction of sp³-hybridized carbons (Fsp3) is 0.176. The van der Waals surface area contributed by atoms with Gasteiger partial charge in [-0.2, -0.15) is 0 Å². The second-order valence-corrected chi connectivity index (χ2v) is 5.33. The van der Waals surface area contributed by atoms with Crippen LogP contribution in [0.15, 0.2) is 54.6 Å². The maximum absolute atomic E-state index is 12.6. The first-order valence-corrected chi connectivity index (χ1v) is 7.27. The predicted molar refractivity (Wildman–Crippen MR) is 86.5 cm³/mol. The number of aryl methyl sites for hydroxylation is 1. The maximum atomic E-state index is 12.6. The molecule has 0 N–H and O–H groups in total. The Labute approximate surface area is 134 Å². The second kappa shape index (κ2) is 6.39. The lowest BCUT2D eigenvalue weighted by Crippen LogP contribution is -2.27. The average Bonchev–Trinajstić information content (AvgIpc) is 3.00. The van der Waals surface area contributed by atoms with Gasteiger partial charge in [0.05, 0.1) is 6.54 Å². The number of aromatic nitrogens is 4. The third-order valence-corrected chi connectivity index (χ3v) is 3.65. The van der Waals surface area contributed by atoms with Crippen LogP contribution in [-0.2, 0) is 13.6 Å². The van der Waals surface area contributed by atoms with Crippen molar-refractivity contribution in [1.29, 1.82) is 0 Å². The van der Waals surface area contributed by atoms with Crippen LogP contribution in [0.3, 0.4) is 0 Å². The van der Waals surface area contributed by atoms with E-state index in [1.54, 1.807) is 23.7 Å². The molecule has 0 unspecified atom stereocenters. The molecule has 116 valence electrons. The van der Waals surface area contributed by atoms with Gasteiger partial charge < -0.3 is 4.90 Å². The van der Waals surface area contributed by atoms with E-state index in [2.05, 4.69) is 15.5 Å². The molecule has 6 nitrogen and oxygen atoms in total. The first kappa shape index (κ1) is 14.9. The molecule has 2 aromatic carbocycles. The summed E-state index contributed by atoms with van der Waals surface area (Å²) in [5, 5.41) is 11.3. The third-order valence-electron chi connectivity index (χ3n) is 3.65. The molecule has 1 aromatic heterocycles. The van der Waals surface area contributed by atoms with E-state index in [1.165, 1.54) is 0 Å². The number of rotatable bonds is 4. The van der Waals surface area contributed by atoms with Crippen LogP contribution in [0.1, 0.15) is 16.2 Å². The summed E-state index contributed by atoms with van der Waals surface area (Å²) >= 11 is 0. The molecule has 0 aliphatic carbocycles. The Hall–Kier alpha value is -3.02. The topological polar surface area (TPSA) is 63.9 Å². The molecule has 0 spiro atoms. The van der Waals surface area contributed by atoms with Crippen molar-refractivity contribution in [1.82, 2.24) is 25.1 Å². The number of carbonyl (C=O) groups is 1. The lowest BCUT2D eigenvalue weighted by atomic mass is 10.0. The molecule has 6 heteroatoms. The van der Waals surface area contributed by atoms with Gasteiger partial charge in [0.1, 0.15) is 0 Å². The van der Waals surface area contributed by atoms with E-state index < -0.39 is 0 Å². The highest BCUT2D eigenvalue weighted by Crippen LogP contribution is 2.20. The van der Waals surface area contributed by atoms with Crippen LogP contribution in [-0.4, -0.2) is 38.1 Å². The van der Waals surface area contributed by atoms with E-state index in [0.29, 0.717) is 17.9 Å². The van der Waals surface area contributed by atoms with Crippen LogP contribution in [0.2, 0.25) is 0 Å². The summed E-state index contributed by atoms with van der Waals surface area (Å²) < 4.78 is 1.56. The highest BCUT2D eigenvalue weighted by atomic mass is 16.2. The standard InChI is InChI=1S/C17H17N5O/c1-21(12-16-18-19-20-22(16)2)17(23)15-10-6-9-14(11-15)13-7-4-3-5-8-13/h3-11H,12H2,1-2H3. The zero-order valence-electron chi connectivity index (χ0n) is 13.0. The lowest BCUT2D eigenvalue weighted by Gasteiger charge is -2.16. The van der Waals surface area contributed by atoms with Crippen LogP contribution in [0.4, 0.5) is 0 Å². The first-order valence-electron chi connectivity index (χ1n) is 7.27. The minimum atomic E-state index is -0.0641. The molecule has 0 saturated carbocycles. The summed E-state index contributed by atoms with van der Waals surface area (Å²) in [6, 6.07) is 17.6. The molecule has 3 aromatic rings. The van der Waals surface area contributed by atoms with Crippen molar-refractivity contribution in [3.63, 3.8) is 0 Å². The van der Waals surface area contributed by atoms with Gasteiger partial charge in [-0.3, -0.25) is 4.79 Å². The van der Waals surface area contributed by atoms with Crippen molar-refractivity contribution >= 4 is 5.91 Å². The Morgan fingerprint density at radius 1 is 1.09 bits per heavy atom. The molecule has 0 aliphatic rings. The number of tetrazole rings is 1. The number of benzene rings is 2.